The highest BCUT2D eigenvalue weighted by molar-refractivity contribution is 4.76. The predicted octanol–water partition coefficient (Wildman–Crippen LogP) is 0.653. The normalized spacial score (nSPS) is 11.5. The van der Waals surface area contributed by atoms with Gasteiger partial charge in [-0.3, -0.25) is 0 Å². The highest BCUT2D eigenvalue weighted by Gasteiger charge is 1.91. The molecule has 0 heterocycles. The second-order valence-corrected chi connectivity index (χ2v) is 1.63. The highest BCUT2D eigenvalue weighted by Crippen LogP contribution is 1.93. The van der Waals surface area contributed by atoms with Crippen molar-refractivity contribution in [2.75, 3.05) is 0 Å². The average Bonchev–Trinajstić information content (AvgIpc) is 1.66. The Morgan fingerprint density at radius 1 is 1.50 bits per heavy atom. The zero-order valence-electron chi connectivity index (χ0n) is 5.04. The summed E-state index contributed by atoms with van der Waals surface area (Å²) in [5.74, 6) is 0. The lowest BCUT2D eigenvalue weighted by Gasteiger charge is -1.96. The van der Waals surface area contributed by atoms with E-state index in [1.165, 1.54) is 0 Å². The molecule has 48 valence electrons. The minimum atomic E-state index is -1.15. The quantitative estimate of drug-likeness (QED) is 0.420. The molecule has 0 radical (unpaired) electrons. The lowest BCUT2D eigenvalue weighted by molar-refractivity contribution is -0.0442. The fraction of sp³-hybridized carbons (Fsp3) is 0.667. The maximum absolute atomic E-state index is 8.30. The van der Waals surface area contributed by atoms with E-state index in [4.69, 9.17) is 10.2 Å². The molecule has 0 aliphatic rings. The molecular weight excluding hydrogens is 104 g/mol. The van der Waals surface area contributed by atoms with Crippen LogP contribution in [0.5, 0.6) is 0 Å². The van der Waals surface area contributed by atoms with Gasteiger partial charge in [0.1, 0.15) is 0 Å². The van der Waals surface area contributed by atoms with Crippen LogP contribution in [0.1, 0.15) is 19.8 Å². The van der Waals surface area contributed by atoms with Crippen molar-refractivity contribution in [3.05, 3.63) is 12.2 Å². The molecular formula is C6H12O2. The van der Waals surface area contributed by atoms with Gasteiger partial charge in [0.05, 0.1) is 0 Å². The number of hydrogen-bond donors (Lipinski definition) is 2. The fourth-order valence-corrected chi connectivity index (χ4v) is 0.412. The third-order valence-corrected chi connectivity index (χ3v) is 0.827. The molecule has 0 rings (SSSR count). The van der Waals surface area contributed by atoms with Gasteiger partial charge in [0.25, 0.3) is 0 Å². The Morgan fingerprint density at radius 2 is 2.12 bits per heavy atom. The van der Waals surface area contributed by atoms with Crippen molar-refractivity contribution in [1.82, 2.24) is 0 Å². The van der Waals surface area contributed by atoms with Crippen LogP contribution < -0.4 is 0 Å². The topological polar surface area (TPSA) is 40.5 Å². The van der Waals surface area contributed by atoms with Gasteiger partial charge < -0.3 is 10.2 Å². The van der Waals surface area contributed by atoms with Crippen molar-refractivity contribution in [2.24, 2.45) is 0 Å². The molecule has 2 N–H and O–H groups in total. The largest absolute Gasteiger partial charge is 0.368 e. The SMILES string of the molecule is CC=CCCC(O)O. The van der Waals surface area contributed by atoms with Crippen LogP contribution in [0.25, 0.3) is 0 Å². The Bertz CT molecular complexity index is 66.9. The van der Waals surface area contributed by atoms with E-state index in [9.17, 15) is 0 Å². The third kappa shape index (κ3) is 5.66. The van der Waals surface area contributed by atoms with Crippen molar-refractivity contribution >= 4 is 0 Å². The maximum atomic E-state index is 8.30. The summed E-state index contributed by atoms with van der Waals surface area (Å²) < 4.78 is 0. The van der Waals surface area contributed by atoms with Gasteiger partial charge in [-0.05, 0) is 13.3 Å². The summed E-state index contributed by atoms with van der Waals surface area (Å²) in [4.78, 5) is 0. The Hall–Kier alpha value is -0.340. The van der Waals surface area contributed by atoms with E-state index in [-0.39, 0.29) is 0 Å². The van der Waals surface area contributed by atoms with Crippen molar-refractivity contribution in [1.29, 1.82) is 0 Å². The molecule has 0 aromatic rings. The van der Waals surface area contributed by atoms with Gasteiger partial charge in [0.15, 0.2) is 6.29 Å². The molecule has 0 saturated heterocycles. The Morgan fingerprint density at radius 3 is 2.50 bits per heavy atom. The molecule has 0 atom stereocenters. The number of aliphatic hydroxyl groups excluding tert-OH is 1. The van der Waals surface area contributed by atoms with E-state index in [0.29, 0.717) is 6.42 Å². The van der Waals surface area contributed by atoms with Crippen LogP contribution in [0, 0.1) is 0 Å². The van der Waals surface area contributed by atoms with Crippen molar-refractivity contribution in [3.8, 4) is 0 Å². The van der Waals surface area contributed by atoms with Gasteiger partial charge in [-0.25, -0.2) is 0 Å². The molecule has 2 nitrogen and oxygen atoms in total. The number of aliphatic hydroxyl groups is 2. The van der Waals surface area contributed by atoms with Gasteiger partial charge in [-0.15, -0.1) is 0 Å². The Balaban J connectivity index is 2.93. The molecule has 0 amide bonds. The molecule has 0 aromatic carbocycles. The molecule has 0 fully saturated rings. The maximum Gasteiger partial charge on any atom is 0.151 e. The molecule has 2 heteroatoms. The predicted molar refractivity (Wildman–Crippen MR) is 32.3 cm³/mol. The summed E-state index contributed by atoms with van der Waals surface area (Å²) in [6, 6.07) is 0. The third-order valence-electron chi connectivity index (χ3n) is 0.827. The van der Waals surface area contributed by atoms with Crippen LogP contribution in [0.4, 0.5) is 0 Å². The Labute approximate surface area is 49.5 Å². The average molecular weight is 116 g/mol. The summed E-state index contributed by atoms with van der Waals surface area (Å²) in [5.41, 5.74) is 0. The molecule has 0 aliphatic heterocycles. The molecule has 0 spiro atoms. The summed E-state index contributed by atoms with van der Waals surface area (Å²) in [5, 5.41) is 16.6. The number of hydrogen-bond acceptors (Lipinski definition) is 2. The first-order chi connectivity index (χ1) is 3.77. The van der Waals surface area contributed by atoms with Crippen molar-refractivity contribution in [3.63, 3.8) is 0 Å². The van der Waals surface area contributed by atoms with Gasteiger partial charge in [0, 0.05) is 6.42 Å². The first kappa shape index (κ1) is 7.66. The van der Waals surface area contributed by atoms with E-state index >= 15 is 0 Å². The van der Waals surface area contributed by atoms with Gasteiger partial charge >= 0.3 is 0 Å². The van der Waals surface area contributed by atoms with Gasteiger partial charge in [-0.1, -0.05) is 12.2 Å². The van der Waals surface area contributed by atoms with Crippen molar-refractivity contribution in [2.45, 2.75) is 26.1 Å². The molecule has 8 heavy (non-hydrogen) atoms. The lowest BCUT2D eigenvalue weighted by atomic mass is 10.3. The molecule has 0 unspecified atom stereocenters. The molecule has 0 aliphatic carbocycles. The van der Waals surface area contributed by atoms with Crippen LogP contribution in [-0.4, -0.2) is 16.5 Å². The van der Waals surface area contributed by atoms with E-state index in [2.05, 4.69) is 0 Å². The zero-order valence-corrected chi connectivity index (χ0v) is 5.04. The minimum Gasteiger partial charge on any atom is -0.368 e. The van der Waals surface area contributed by atoms with Gasteiger partial charge in [0.2, 0.25) is 0 Å². The van der Waals surface area contributed by atoms with E-state index in [1.54, 1.807) is 0 Å². The van der Waals surface area contributed by atoms with Crippen LogP contribution in [0.2, 0.25) is 0 Å². The van der Waals surface area contributed by atoms with E-state index < -0.39 is 6.29 Å². The summed E-state index contributed by atoms with van der Waals surface area (Å²) >= 11 is 0. The summed E-state index contributed by atoms with van der Waals surface area (Å²) in [6.07, 6.45) is 3.83. The van der Waals surface area contributed by atoms with Crippen LogP contribution >= 0.6 is 0 Å². The summed E-state index contributed by atoms with van der Waals surface area (Å²) in [7, 11) is 0. The van der Waals surface area contributed by atoms with Crippen LogP contribution in [0.3, 0.4) is 0 Å². The van der Waals surface area contributed by atoms with Gasteiger partial charge in [-0.2, -0.15) is 0 Å². The highest BCUT2D eigenvalue weighted by atomic mass is 16.5. The minimum absolute atomic E-state index is 0.435. The second-order valence-electron chi connectivity index (χ2n) is 1.63. The molecule has 0 bridgehead atoms. The lowest BCUT2D eigenvalue weighted by Crippen LogP contribution is -2.01. The smallest absolute Gasteiger partial charge is 0.151 e. The van der Waals surface area contributed by atoms with E-state index in [0.717, 1.165) is 6.42 Å². The molecule has 0 saturated carbocycles. The van der Waals surface area contributed by atoms with Crippen LogP contribution in [-0.2, 0) is 0 Å². The first-order valence-electron chi connectivity index (χ1n) is 2.74. The standard InChI is InChI=1S/C6H12O2/c1-2-3-4-5-6(7)8/h2-3,6-8H,4-5H2,1H3. The fourth-order valence-electron chi connectivity index (χ4n) is 0.412. The van der Waals surface area contributed by atoms with E-state index in [1.807, 2.05) is 19.1 Å². The molecule has 0 aromatic heterocycles. The van der Waals surface area contributed by atoms with Crippen LogP contribution in [0.15, 0.2) is 12.2 Å². The Kier molecular flexibility index (Phi) is 4.61. The number of rotatable bonds is 3. The monoisotopic (exact) mass is 116 g/mol. The second kappa shape index (κ2) is 4.81. The number of allylic oxidation sites excluding steroid dienone is 2. The first-order valence-corrected chi connectivity index (χ1v) is 2.74. The van der Waals surface area contributed by atoms with Crippen molar-refractivity contribution < 1.29 is 10.2 Å². The zero-order chi connectivity index (χ0) is 6.41. The summed E-state index contributed by atoms with van der Waals surface area (Å²) in [6.45, 7) is 1.91.